The highest BCUT2D eigenvalue weighted by Crippen LogP contribution is 2.50. The Morgan fingerprint density at radius 3 is 2.80 bits per heavy atom. The number of morpholine rings is 1. The highest BCUT2D eigenvalue weighted by molar-refractivity contribution is 8.07. The molecule has 6 heterocycles. The lowest BCUT2D eigenvalue weighted by Crippen LogP contribution is -2.66. The maximum Gasteiger partial charge on any atom is 0.226 e. The molecule has 1 amide bonds. The molecule has 0 aromatic heterocycles. The number of ketones is 1. The van der Waals surface area contributed by atoms with E-state index in [1.807, 2.05) is 41.4 Å². The first-order valence-corrected chi connectivity index (χ1v) is 18.0. The molecule has 0 spiro atoms. The van der Waals surface area contributed by atoms with Crippen LogP contribution in [0.4, 0.5) is 0 Å². The summed E-state index contributed by atoms with van der Waals surface area (Å²) in [5, 5.41) is 20.3. The van der Waals surface area contributed by atoms with Crippen molar-refractivity contribution >= 4 is 47.0 Å². The van der Waals surface area contributed by atoms with Crippen molar-refractivity contribution in [2.24, 2.45) is 23.5 Å². The van der Waals surface area contributed by atoms with Crippen LogP contribution in [0.2, 0.25) is 0 Å². The number of allylic oxidation sites excluding steroid dienone is 1. The fraction of sp³-hybridized carbons (Fsp3) is 0.852. The van der Waals surface area contributed by atoms with E-state index in [2.05, 4.69) is 31.5 Å². The molecule has 7 aliphatic rings. The van der Waals surface area contributed by atoms with Gasteiger partial charge in [-0.2, -0.15) is 0 Å². The van der Waals surface area contributed by atoms with Gasteiger partial charge in [0.2, 0.25) is 5.91 Å². The van der Waals surface area contributed by atoms with Crippen molar-refractivity contribution in [1.29, 1.82) is 0 Å². The van der Waals surface area contributed by atoms with Crippen molar-refractivity contribution < 1.29 is 14.3 Å². The minimum Gasteiger partial charge on any atom is -0.378 e. The number of nitrogens with zero attached hydrogens (tertiary/aromatic N) is 1. The summed E-state index contributed by atoms with van der Waals surface area (Å²) in [7, 11) is 0. The molecule has 1 aliphatic carbocycles. The van der Waals surface area contributed by atoms with E-state index in [0.717, 1.165) is 69.4 Å². The van der Waals surface area contributed by atoms with Gasteiger partial charge in [0.15, 0.2) is 5.78 Å². The Labute approximate surface area is 249 Å². The zero-order valence-electron chi connectivity index (χ0n) is 22.9. The summed E-state index contributed by atoms with van der Waals surface area (Å²) in [6.07, 6.45) is 7.55. The Morgan fingerprint density at radius 1 is 1.10 bits per heavy atom. The van der Waals surface area contributed by atoms with Crippen LogP contribution in [0.1, 0.15) is 32.1 Å². The van der Waals surface area contributed by atoms with Crippen LogP contribution in [-0.2, 0) is 14.3 Å². The smallest absolute Gasteiger partial charge is 0.226 e. The van der Waals surface area contributed by atoms with Crippen LogP contribution >= 0.6 is 35.3 Å². The van der Waals surface area contributed by atoms with Gasteiger partial charge in [0.1, 0.15) is 0 Å². The fourth-order valence-corrected chi connectivity index (χ4v) is 12.7. The SMILES string of the molecule is N[C@@H]1CCCC[C@@H]1NC1CC2CNC(=O)C2C(NC2CNC(C3CSC4C(=O)C=C(N5CCOCC5)SC43)S2)N1. The van der Waals surface area contributed by atoms with Crippen LogP contribution in [0.3, 0.4) is 0 Å². The first-order chi connectivity index (χ1) is 19.5. The zero-order chi connectivity index (χ0) is 27.2. The largest absolute Gasteiger partial charge is 0.378 e. The lowest BCUT2D eigenvalue weighted by Gasteiger charge is -2.42. The molecule has 0 radical (unpaired) electrons. The summed E-state index contributed by atoms with van der Waals surface area (Å²) >= 11 is 5.68. The zero-order valence-corrected chi connectivity index (χ0v) is 25.3. The van der Waals surface area contributed by atoms with E-state index in [1.165, 1.54) is 12.8 Å². The molecule has 0 aromatic carbocycles. The maximum absolute atomic E-state index is 13.1. The normalized spacial score (nSPS) is 45.7. The van der Waals surface area contributed by atoms with Gasteiger partial charge in [-0.1, -0.05) is 12.8 Å². The monoisotopic (exact) mass is 609 g/mol. The number of ether oxygens (including phenoxy) is 1. The summed E-state index contributed by atoms with van der Waals surface area (Å²) < 4.78 is 5.54. The molecule has 9 unspecified atom stereocenters. The molecule has 0 bridgehead atoms. The molecular weight excluding hydrogens is 567 g/mol. The number of hydrogen-bond acceptors (Lipinski definition) is 12. The van der Waals surface area contributed by atoms with E-state index in [1.54, 1.807) is 0 Å². The molecule has 40 heavy (non-hydrogen) atoms. The highest BCUT2D eigenvalue weighted by atomic mass is 32.2. The molecule has 0 aromatic rings. The second-order valence-corrected chi connectivity index (χ2v) is 16.0. The number of nitrogens with one attached hydrogen (secondary N) is 5. The molecular formula is C27H43N7O3S3. The number of carbonyl (C=O) groups excluding carboxylic acids is 2. The summed E-state index contributed by atoms with van der Waals surface area (Å²) in [6.45, 7) is 4.77. The molecule has 13 heteroatoms. The van der Waals surface area contributed by atoms with E-state index < -0.39 is 0 Å². The van der Waals surface area contributed by atoms with E-state index in [0.29, 0.717) is 17.9 Å². The Balaban J connectivity index is 0.985. The predicted octanol–water partition coefficient (Wildman–Crippen LogP) is 0.0215. The van der Waals surface area contributed by atoms with Gasteiger partial charge >= 0.3 is 0 Å². The van der Waals surface area contributed by atoms with Gasteiger partial charge in [0, 0.05) is 61.3 Å². The molecule has 6 fully saturated rings. The Kier molecular flexibility index (Phi) is 8.65. The Morgan fingerprint density at radius 2 is 1.95 bits per heavy atom. The predicted molar refractivity (Wildman–Crippen MR) is 162 cm³/mol. The van der Waals surface area contributed by atoms with Gasteiger partial charge in [-0.05, 0) is 25.2 Å². The van der Waals surface area contributed by atoms with Crippen molar-refractivity contribution in [3.8, 4) is 0 Å². The number of carbonyl (C=O) groups is 2. The quantitative estimate of drug-likeness (QED) is 0.243. The number of amides is 1. The summed E-state index contributed by atoms with van der Waals surface area (Å²) in [4.78, 5) is 28.3. The van der Waals surface area contributed by atoms with Gasteiger partial charge < -0.3 is 26.0 Å². The summed E-state index contributed by atoms with van der Waals surface area (Å²) in [5.41, 5.74) is 6.45. The standard InChI is InChI=1S/C27H43N7O3S3/c28-16-3-1-2-4-17(16)31-19-9-14-11-29-26(36)22(14)25(32-19)33-20-12-30-27(39-20)15-13-38-24-18(35)10-21(40-23(15)24)34-5-7-37-8-6-34/h10,14-17,19-20,22-25,27,30-33H,1-9,11-13,28H2,(H,29,36)/t14?,15?,16-,17+,19?,20?,22?,23?,24?,25?,27?/m1/s1. The van der Waals surface area contributed by atoms with Gasteiger partial charge in [0.25, 0.3) is 0 Å². The van der Waals surface area contributed by atoms with Crippen LogP contribution in [0.5, 0.6) is 0 Å². The van der Waals surface area contributed by atoms with Crippen molar-refractivity contribution in [3.63, 3.8) is 0 Å². The van der Waals surface area contributed by atoms with Crippen LogP contribution in [0, 0.1) is 17.8 Å². The fourth-order valence-electron chi connectivity index (χ4n) is 7.58. The molecule has 7 rings (SSSR count). The van der Waals surface area contributed by atoms with Gasteiger partial charge in [0.05, 0.1) is 52.5 Å². The second-order valence-electron chi connectivity index (χ2n) is 12.3. The number of piperidine rings is 1. The van der Waals surface area contributed by atoms with Crippen LogP contribution < -0.4 is 32.3 Å². The topological polar surface area (TPSA) is 133 Å². The molecule has 11 atom stereocenters. The molecule has 1 saturated carbocycles. The number of hydrogen-bond donors (Lipinski definition) is 6. The van der Waals surface area contributed by atoms with Gasteiger partial charge in [-0.15, -0.1) is 35.3 Å². The third kappa shape index (κ3) is 5.71. The molecule has 222 valence electrons. The molecule has 5 saturated heterocycles. The minimum absolute atomic E-state index is 0.0511. The number of rotatable bonds is 6. The number of nitrogens with two attached hydrogens (primary N) is 1. The van der Waals surface area contributed by atoms with Crippen molar-refractivity contribution in [3.05, 3.63) is 11.1 Å². The number of fused-ring (bicyclic) bond motifs is 2. The molecule has 6 aliphatic heterocycles. The maximum atomic E-state index is 13.1. The third-order valence-corrected chi connectivity index (χ3v) is 14.3. The van der Waals surface area contributed by atoms with E-state index in [9.17, 15) is 9.59 Å². The summed E-state index contributed by atoms with van der Waals surface area (Å²) in [5.74, 6) is 2.10. The van der Waals surface area contributed by atoms with Crippen LogP contribution in [-0.4, -0.2) is 107 Å². The van der Waals surface area contributed by atoms with Crippen molar-refractivity contribution in [2.75, 3.05) is 45.1 Å². The average Bonchev–Trinajstić information content (AvgIpc) is 3.69. The third-order valence-electron chi connectivity index (χ3n) is 9.75. The highest BCUT2D eigenvalue weighted by Gasteiger charge is 2.51. The first kappa shape index (κ1) is 28.3. The van der Waals surface area contributed by atoms with E-state index in [4.69, 9.17) is 10.5 Å². The van der Waals surface area contributed by atoms with Gasteiger partial charge in [-0.25, -0.2) is 0 Å². The van der Waals surface area contributed by atoms with E-state index in [-0.39, 0.29) is 57.2 Å². The van der Waals surface area contributed by atoms with Crippen LogP contribution in [0.15, 0.2) is 11.1 Å². The summed E-state index contributed by atoms with van der Waals surface area (Å²) in [6, 6.07) is 0.537. The molecule has 7 N–H and O–H groups in total. The van der Waals surface area contributed by atoms with E-state index >= 15 is 0 Å². The minimum atomic E-state index is -0.0798. The van der Waals surface area contributed by atoms with Crippen LogP contribution in [0.25, 0.3) is 0 Å². The number of thioether (sulfide) groups is 3. The molecule has 10 nitrogen and oxygen atoms in total. The Hall–Kier alpha value is -0.510. The van der Waals surface area contributed by atoms with Crippen molar-refractivity contribution in [2.45, 2.75) is 77.8 Å². The average molecular weight is 610 g/mol. The lowest BCUT2D eigenvalue weighted by molar-refractivity contribution is -0.125. The second kappa shape index (κ2) is 12.2. The first-order valence-electron chi connectivity index (χ1n) is 15.1. The Bertz CT molecular complexity index is 1000. The van der Waals surface area contributed by atoms with Crippen molar-refractivity contribution in [1.82, 2.24) is 31.5 Å². The van der Waals surface area contributed by atoms with Gasteiger partial charge in [-0.3, -0.25) is 25.5 Å². The lowest BCUT2D eigenvalue weighted by atomic mass is 9.84.